The summed E-state index contributed by atoms with van der Waals surface area (Å²) in [6.07, 6.45) is 0.471. The van der Waals surface area contributed by atoms with E-state index < -0.39 is 10.0 Å². The highest BCUT2D eigenvalue weighted by atomic mass is 32.2. The third-order valence-electron chi connectivity index (χ3n) is 3.72. The first kappa shape index (κ1) is 14.7. The Hall–Kier alpha value is -2.21. The molecular formula is C16H14FNO3S. The lowest BCUT2D eigenvalue weighted by Crippen LogP contribution is -2.29. The van der Waals surface area contributed by atoms with Crippen molar-refractivity contribution in [3.8, 4) is 0 Å². The Kier molecular flexibility index (Phi) is 3.48. The average molecular weight is 319 g/mol. The van der Waals surface area contributed by atoms with E-state index in [0.717, 1.165) is 0 Å². The number of halogens is 1. The summed E-state index contributed by atoms with van der Waals surface area (Å²) in [5.74, 6) is -0.572. The first-order chi connectivity index (χ1) is 10.4. The molecule has 22 heavy (non-hydrogen) atoms. The number of nitrogens with zero attached hydrogens (tertiary/aromatic N) is 1. The van der Waals surface area contributed by atoms with Crippen molar-refractivity contribution in [3.05, 3.63) is 59.4 Å². The SMILES string of the molecule is CC(=O)c1cccc(S(=O)(=O)N2CCc3cc(F)ccc32)c1. The summed E-state index contributed by atoms with van der Waals surface area (Å²) in [5, 5.41) is 0. The van der Waals surface area contributed by atoms with Gasteiger partial charge in [0, 0.05) is 12.1 Å². The smallest absolute Gasteiger partial charge is 0.264 e. The van der Waals surface area contributed by atoms with Crippen molar-refractivity contribution >= 4 is 21.5 Å². The number of carbonyl (C=O) groups excluding carboxylic acids is 1. The van der Waals surface area contributed by atoms with Crippen molar-refractivity contribution in [2.75, 3.05) is 10.8 Å². The van der Waals surface area contributed by atoms with Crippen LogP contribution in [0, 0.1) is 5.82 Å². The van der Waals surface area contributed by atoms with Crippen LogP contribution in [0.15, 0.2) is 47.4 Å². The number of benzene rings is 2. The van der Waals surface area contributed by atoms with E-state index in [-0.39, 0.29) is 23.0 Å². The number of ketones is 1. The van der Waals surface area contributed by atoms with Crippen LogP contribution in [0.3, 0.4) is 0 Å². The van der Waals surface area contributed by atoms with E-state index in [1.165, 1.54) is 41.6 Å². The number of fused-ring (bicyclic) bond motifs is 1. The molecule has 0 radical (unpaired) electrons. The Bertz CT molecular complexity index is 861. The monoisotopic (exact) mass is 319 g/mol. The lowest BCUT2D eigenvalue weighted by Gasteiger charge is -2.19. The first-order valence-electron chi connectivity index (χ1n) is 6.82. The van der Waals surface area contributed by atoms with Gasteiger partial charge in [-0.25, -0.2) is 12.8 Å². The second-order valence-corrected chi connectivity index (χ2v) is 7.05. The molecule has 2 aromatic carbocycles. The quantitative estimate of drug-likeness (QED) is 0.818. The summed E-state index contributed by atoms with van der Waals surface area (Å²) in [4.78, 5) is 11.5. The van der Waals surface area contributed by atoms with E-state index in [9.17, 15) is 17.6 Å². The normalized spacial score (nSPS) is 14.0. The van der Waals surface area contributed by atoms with Gasteiger partial charge in [-0.05, 0) is 49.2 Å². The van der Waals surface area contributed by atoms with Crippen molar-refractivity contribution in [1.82, 2.24) is 0 Å². The van der Waals surface area contributed by atoms with E-state index in [0.29, 0.717) is 23.2 Å². The minimum absolute atomic E-state index is 0.0670. The van der Waals surface area contributed by atoms with Gasteiger partial charge < -0.3 is 0 Å². The zero-order valence-corrected chi connectivity index (χ0v) is 12.7. The number of rotatable bonds is 3. The van der Waals surface area contributed by atoms with Crippen LogP contribution in [0.4, 0.5) is 10.1 Å². The van der Waals surface area contributed by atoms with Crippen molar-refractivity contribution in [1.29, 1.82) is 0 Å². The number of hydrogen-bond acceptors (Lipinski definition) is 3. The number of sulfonamides is 1. The molecule has 4 nitrogen and oxygen atoms in total. The maximum Gasteiger partial charge on any atom is 0.264 e. The molecule has 0 fully saturated rings. The van der Waals surface area contributed by atoms with Gasteiger partial charge in [-0.15, -0.1) is 0 Å². The Balaban J connectivity index is 2.06. The third-order valence-corrected chi connectivity index (χ3v) is 5.53. The molecule has 114 valence electrons. The molecule has 1 aliphatic rings. The lowest BCUT2D eigenvalue weighted by atomic mass is 10.2. The van der Waals surface area contributed by atoms with Crippen molar-refractivity contribution in [2.45, 2.75) is 18.2 Å². The zero-order chi connectivity index (χ0) is 15.9. The molecule has 0 saturated carbocycles. The summed E-state index contributed by atoms with van der Waals surface area (Å²) in [6.45, 7) is 1.66. The number of anilines is 1. The number of Topliss-reactive ketones (excluding diaryl/α,β-unsaturated/α-hetero) is 1. The van der Waals surface area contributed by atoms with Gasteiger partial charge in [0.15, 0.2) is 5.78 Å². The van der Waals surface area contributed by atoms with Gasteiger partial charge in [-0.3, -0.25) is 9.10 Å². The van der Waals surface area contributed by atoms with Gasteiger partial charge in [0.25, 0.3) is 10.0 Å². The van der Waals surface area contributed by atoms with Crippen molar-refractivity contribution < 1.29 is 17.6 Å². The van der Waals surface area contributed by atoms with Crippen LogP contribution < -0.4 is 4.31 Å². The molecule has 0 unspecified atom stereocenters. The minimum Gasteiger partial charge on any atom is -0.295 e. The summed E-state index contributed by atoms with van der Waals surface area (Å²) in [5.41, 5.74) is 1.51. The second-order valence-electron chi connectivity index (χ2n) is 5.18. The van der Waals surface area contributed by atoms with Gasteiger partial charge >= 0.3 is 0 Å². The van der Waals surface area contributed by atoms with Crippen LogP contribution in [0.1, 0.15) is 22.8 Å². The Morgan fingerprint density at radius 1 is 1.18 bits per heavy atom. The average Bonchev–Trinajstić information content (AvgIpc) is 2.91. The topological polar surface area (TPSA) is 54.5 Å². The Morgan fingerprint density at radius 3 is 2.68 bits per heavy atom. The standard InChI is InChI=1S/C16H14FNO3S/c1-11(19)12-3-2-4-15(10-12)22(20,21)18-8-7-13-9-14(17)5-6-16(13)18/h2-6,9-10H,7-8H2,1H3. The fourth-order valence-corrected chi connectivity index (χ4v) is 4.14. The van der Waals surface area contributed by atoms with E-state index in [1.807, 2.05) is 0 Å². The fraction of sp³-hybridized carbons (Fsp3) is 0.188. The summed E-state index contributed by atoms with van der Waals surface area (Å²) >= 11 is 0. The maximum absolute atomic E-state index is 13.2. The highest BCUT2D eigenvalue weighted by Gasteiger charge is 2.31. The molecular weight excluding hydrogens is 305 g/mol. The maximum atomic E-state index is 13.2. The van der Waals surface area contributed by atoms with Crippen LogP contribution in [-0.4, -0.2) is 20.7 Å². The lowest BCUT2D eigenvalue weighted by molar-refractivity contribution is 0.101. The molecule has 3 rings (SSSR count). The van der Waals surface area contributed by atoms with E-state index in [2.05, 4.69) is 0 Å². The van der Waals surface area contributed by atoms with Crippen molar-refractivity contribution in [2.24, 2.45) is 0 Å². The predicted molar refractivity (Wildman–Crippen MR) is 81.1 cm³/mol. The van der Waals surface area contributed by atoms with Crippen LogP contribution in [0.5, 0.6) is 0 Å². The van der Waals surface area contributed by atoms with Crippen LogP contribution in [0.25, 0.3) is 0 Å². The van der Waals surface area contributed by atoms with Crippen molar-refractivity contribution in [3.63, 3.8) is 0 Å². The molecule has 0 N–H and O–H groups in total. The van der Waals surface area contributed by atoms with Crippen LogP contribution in [-0.2, 0) is 16.4 Å². The highest BCUT2D eigenvalue weighted by molar-refractivity contribution is 7.92. The Morgan fingerprint density at radius 2 is 1.95 bits per heavy atom. The van der Waals surface area contributed by atoms with Crippen LogP contribution in [0.2, 0.25) is 0 Å². The Labute approximate surface area is 128 Å². The molecule has 1 heterocycles. The molecule has 0 bridgehead atoms. The minimum atomic E-state index is -3.76. The molecule has 0 aromatic heterocycles. The molecule has 0 aliphatic carbocycles. The molecule has 6 heteroatoms. The number of hydrogen-bond donors (Lipinski definition) is 0. The number of carbonyl (C=O) groups is 1. The van der Waals surface area contributed by atoms with Gasteiger partial charge in [0.1, 0.15) is 5.82 Å². The second kappa shape index (κ2) is 5.21. The summed E-state index contributed by atoms with van der Waals surface area (Å²) in [6, 6.07) is 10.0. The van der Waals surface area contributed by atoms with Crippen LogP contribution >= 0.6 is 0 Å². The zero-order valence-electron chi connectivity index (χ0n) is 11.9. The van der Waals surface area contributed by atoms with Gasteiger partial charge in [0.2, 0.25) is 0 Å². The molecule has 0 saturated heterocycles. The largest absolute Gasteiger partial charge is 0.295 e. The third kappa shape index (κ3) is 2.39. The molecule has 0 spiro atoms. The van der Waals surface area contributed by atoms with Gasteiger partial charge in [-0.2, -0.15) is 0 Å². The van der Waals surface area contributed by atoms with E-state index >= 15 is 0 Å². The first-order valence-corrected chi connectivity index (χ1v) is 8.26. The summed E-state index contributed by atoms with van der Waals surface area (Å²) in [7, 11) is -3.76. The predicted octanol–water partition coefficient (Wildman–Crippen LogP) is 2.78. The molecule has 1 aliphatic heterocycles. The fourth-order valence-electron chi connectivity index (χ4n) is 2.59. The van der Waals surface area contributed by atoms with E-state index in [1.54, 1.807) is 12.1 Å². The molecule has 2 aromatic rings. The molecule has 0 amide bonds. The van der Waals surface area contributed by atoms with Gasteiger partial charge in [0.05, 0.1) is 10.6 Å². The van der Waals surface area contributed by atoms with E-state index in [4.69, 9.17) is 0 Å². The molecule has 0 atom stereocenters. The summed E-state index contributed by atoms with van der Waals surface area (Å²) < 4.78 is 40.1. The van der Waals surface area contributed by atoms with Gasteiger partial charge in [-0.1, -0.05) is 12.1 Å². The highest BCUT2D eigenvalue weighted by Crippen LogP contribution is 2.33.